The summed E-state index contributed by atoms with van der Waals surface area (Å²) in [6.07, 6.45) is 5.95. The molecular formula is C13H17NO. The van der Waals surface area contributed by atoms with Crippen LogP contribution in [-0.2, 0) is 12.8 Å². The van der Waals surface area contributed by atoms with Gasteiger partial charge in [-0.05, 0) is 55.4 Å². The van der Waals surface area contributed by atoms with E-state index in [1.54, 1.807) is 0 Å². The van der Waals surface area contributed by atoms with Crippen LogP contribution in [0.15, 0.2) is 18.2 Å². The summed E-state index contributed by atoms with van der Waals surface area (Å²) in [6.45, 7) is 0.672. The lowest BCUT2D eigenvalue weighted by atomic mass is 10.1. The standard InChI is InChI=1S/C13H17NO/c14-13(6-7-13)9-15-12-5-4-10-2-1-3-11(10)8-12/h4-5,8H,1-3,6-7,9,14H2. The third kappa shape index (κ3) is 1.86. The third-order valence-corrected chi connectivity index (χ3v) is 3.49. The van der Waals surface area contributed by atoms with E-state index in [1.807, 2.05) is 0 Å². The quantitative estimate of drug-likeness (QED) is 0.816. The van der Waals surface area contributed by atoms with E-state index in [4.69, 9.17) is 10.5 Å². The van der Waals surface area contributed by atoms with Crippen molar-refractivity contribution in [1.29, 1.82) is 0 Å². The molecule has 3 rings (SSSR count). The van der Waals surface area contributed by atoms with Gasteiger partial charge in [0.25, 0.3) is 0 Å². The Morgan fingerprint density at radius 3 is 2.80 bits per heavy atom. The van der Waals surface area contributed by atoms with Crippen molar-refractivity contribution in [3.8, 4) is 5.75 Å². The van der Waals surface area contributed by atoms with Crippen LogP contribution in [0.5, 0.6) is 5.75 Å². The van der Waals surface area contributed by atoms with Gasteiger partial charge in [-0.3, -0.25) is 0 Å². The molecule has 2 N–H and O–H groups in total. The van der Waals surface area contributed by atoms with E-state index in [0.717, 1.165) is 18.6 Å². The van der Waals surface area contributed by atoms with E-state index in [-0.39, 0.29) is 5.54 Å². The first-order chi connectivity index (χ1) is 7.25. The summed E-state index contributed by atoms with van der Waals surface area (Å²) >= 11 is 0. The Morgan fingerprint density at radius 1 is 1.20 bits per heavy atom. The summed E-state index contributed by atoms with van der Waals surface area (Å²) in [5.74, 6) is 0.993. The molecular weight excluding hydrogens is 186 g/mol. The van der Waals surface area contributed by atoms with Crippen molar-refractivity contribution in [3.05, 3.63) is 29.3 Å². The first kappa shape index (κ1) is 9.22. The average molecular weight is 203 g/mol. The monoisotopic (exact) mass is 203 g/mol. The number of hydrogen-bond donors (Lipinski definition) is 1. The predicted molar refractivity (Wildman–Crippen MR) is 60.1 cm³/mol. The summed E-state index contributed by atoms with van der Waals surface area (Å²) in [6, 6.07) is 6.47. The van der Waals surface area contributed by atoms with Crippen molar-refractivity contribution >= 4 is 0 Å². The van der Waals surface area contributed by atoms with Gasteiger partial charge in [0, 0.05) is 0 Å². The fourth-order valence-corrected chi connectivity index (χ4v) is 2.17. The van der Waals surface area contributed by atoms with Gasteiger partial charge in [0.05, 0.1) is 5.54 Å². The van der Waals surface area contributed by atoms with Gasteiger partial charge in [-0.1, -0.05) is 6.07 Å². The molecule has 0 aromatic heterocycles. The van der Waals surface area contributed by atoms with E-state index in [9.17, 15) is 0 Å². The molecule has 1 saturated carbocycles. The van der Waals surface area contributed by atoms with Gasteiger partial charge in [0.15, 0.2) is 0 Å². The molecule has 2 nitrogen and oxygen atoms in total. The van der Waals surface area contributed by atoms with Gasteiger partial charge in [0.1, 0.15) is 12.4 Å². The molecule has 0 unspecified atom stereocenters. The van der Waals surface area contributed by atoms with Crippen LogP contribution in [0.3, 0.4) is 0 Å². The smallest absolute Gasteiger partial charge is 0.119 e. The maximum atomic E-state index is 5.98. The number of fused-ring (bicyclic) bond motifs is 1. The molecule has 0 heterocycles. The van der Waals surface area contributed by atoms with Crippen LogP contribution in [0.2, 0.25) is 0 Å². The predicted octanol–water partition coefficient (Wildman–Crippen LogP) is 2.05. The number of aryl methyl sites for hydroxylation is 2. The van der Waals surface area contributed by atoms with Crippen molar-refractivity contribution < 1.29 is 4.74 Å². The molecule has 0 aliphatic heterocycles. The molecule has 1 fully saturated rings. The third-order valence-electron chi connectivity index (χ3n) is 3.49. The Bertz CT molecular complexity index is 382. The zero-order chi connectivity index (χ0) is 10.3. The second kappa shape index (κ2) is 3.24. The highest BCUT2D eigenvalue weighted by atomic mass is 16.5. The minimum atomic E-state index is -0.0149. The Morgan fingerprint density at radius 2 is 2.00 bits per heavy atom. The van der Waals surface area contributed by atoms with Crippen molar-refractivity contribution in [2.24, 2.45) is 5.73 Å². The van der Waals surface area contributed by atoms with Crippen molar-refractivity contribution in [2.75, 3.05) is 6.61 Å². The molecule has 1 aromatic carbocycles. The summed E-state index contributed by atoms with van der Waals surface area (Å²) in [5, 5.41) is 0. The van der Waals surface area contributed by atoms with Crippen LogP contribution in [0.25, 0.3) is 0 Å². The minimum Gasteiger partial charge on any atom is -0.492 e. The summed E-state index contributed by atoms with van der Waals surface area (Å²) in [5.41, 5.74) is 8.93. The highest BCUT2D eigenvalue weighted by molar-refractivity contribution is 5.38. The van der Waals surface area contributed by atoms with Crippen molar-refractivity contribution in [2.45, 2.75) is 37.6 Å². The number of nitrogens with two attached hydrogens (primary N) is 1. The second-order valence-corrected chi connectivity index (χ2v) is 4.94. The molecule has 0 amide bonds. The maximum absolute atomic E-state index is 5.98. The molecule has 2 heteroatoms. The molecule has 1 aromatic rings. The Balaban J connectivity index is 1.70. The minimum absolute atomic E-state index is 0.0149. The molecule has 80 valence electrons. The Kier molecular flexibility index (Phi) is 1.99. The lowest BCUT2D eigenvalue weighted by Crippen LogP contribution is -2.29. The van der Waals surface area contributed by atoms with Gasteiger partial charge in [-0.25, -0.2) is 0 Å². The van der Waals surface area contributed by atoms with Gasteiger partial charge in [-0.15, -0.1) is 0 Å². The molecule has 0 saturated heterocycles. The first-order valence-electron chi connectivity index (χ1n) is 5.79. The van der Waals surface area contributed by atoms with E-state index >= 15 is 0 Å². The molecule has 2 aliphatic rings. The summed E-state index contributed by atoms with van der Waals surface area (Å²) in [4.78, 5) is 0. The van der Waals surface area contributed by atoms with Crippen LogP contribution in [0.1, 0.15) is 30.4 Å². The second-order valence-electron chi connectivity index (χ2n) is 4.94. The van der Waals surface area contributed by atoms with Crippen molar-refractivity contribution in [1.82, 2.24) is 0 Å². The van der Waals surface area contributed by atoms with E-state index in [2.05, 4.69) is 18.2 Å². The van der Waals surface area contributed by atoms with Crippen LogP contribution in [0.4, 0.5) is 0 Å². The fourth-order valence-electron chi connectivity index (χ4n) is 2.17. The van der Waals surface area contributed by atoms with Crippen molar-refractivity contribution in [3.63, 3.8) is 0 Å². The number of hydrogen-bond acceptors (Lipinski definition) is 2. The van der Waals surface area contributed by atoms with E-state index < -0.39 is 0 Å². The number of benzene rings is 1. The van der Waals surface area contributed by atoms with Crippen LogP contribution in [0, 0.1) is 0 Å². The van der Waals surface area contributed by atoms with Crippen LogP contribution < -0.4 is 10.5 Å². The molecule has 0 radical (unpaired) electrons. The molecule has 2 aliphatic carbocycles. The largest absolute Gasteiger partial charge is 0.492 e. The van der Waals surface area contributed by atoms with Crippen LogP contribution in [-0.4, -0.2) is 12.1 Å². The first-order valence-corrected chi connectivity index (χ1v) is 5.79. The highest BCUT2D eigenvalue weighted by Crippen LogP contribution is 2.33. The summed E-state index contributed by atoms with van der Waals surface area (Å²) < 4.78 is 5.73. The fraction of sp³-hybridized carbons (Fsp3) is 0.538. The Labute approximate surface area is 90.4 Å². The topological polar surface area (TPSA) is 35.2 Å². The van der Waals surface area contributed by atoms with Gasteiger partial charge >= 0.3 is 0 Å². The SMILES string of the molecule is NC1(COc2ccc3c(c2)CCC3)CC1. The lowest BCUT2D eigenvalue weighted by molar-refractivity contribution is 0.279. The lowest BCUT2D eigenvalue weighted by Gasteiger charge is -2.12. The highest BCUT2D eigenvalue weighted by Gasteiger charge is 2.39. The zero-order valence-corrected chi connectivity index (χ0v) is 8.96. The zero-order valence-electron chi connectivity index (χ0n) is 8.96. The number of rotatable bonds is 3. The van der Waals surface area contributed by atoms with Gasteiger partial charge in [0.2, 0.25) is 0 Å². The Hall–Kier alpha value is -1.02. The number of ether oxygens (including phenoxy) is 1. The molecule has 15 heavy (non-hydrogen) atoms. The molecule has 0 bridgehead atoms. The molecule has 0 atom stereocenters. The van der Waals surface area contributed by atoms with Crippen LogP contribution >= 0.6 is 0 Å². The normalized spacial score (nSPS) is 21.1. The average Bonchev–Trinajstić information content (AvgIpc) is 2.80. The summed E-state index contributed by atoms with van der Waals surface area (Å²) in [7, 11) is 0. The van der Waals surface area contributed by atoms with Gasteiger partial charge < -0.3 is 10.5 Å². The van der Waals surface area contributed by atoms with E-state index in [0.29, 0.717) is 6.61 Å². The maximum Gasteiger partial charge on any atom is 0.119 e. The van der Waals surface area contributed by atoms with Gasteiger partial charge in [-0.2, -0.15) is 0 Å². The van der Waals surface area contributed by atoms with E-state index in [1.165, 1.54) is 30.4 Å². The molecule has 0 spiro atoms.